The first-order valence-corrected chi connectivity index (χ1v) is 11.2. The van der Waals surface area contributed by atoms with Crippen molar-refractivity contribution in [2.75, 3.05) is 33.4 Å². The Hall–Kier alpha value is -1.39. The molecule has 0 radical (unpaired) electrons. The average molecular weight is 547 g/mol. The van der Waals surface area contributed by atoms with Crippen molar-refractivity contribution in [1.82, 2.24) is 15.6 Å². The predicted molar refractivity (Wildman–Crippen MR) is 136 cm³/mol. The van der Waals surface area contributed by atoms with Crippen LogP contribution >= 0.6 is 35.3 Å². The van der Waals surface area contributed by atoms with Crippen LogP contribution in [0.15, 0.2) is 34.6 Å². The highest BCUT2D eigenvalue weighted by atomic mass is 127. The Morgan fingerprint density at radius 1 is 1.10 bits per heavy atom. The molecule has 8 heteroatoms. The van der Waals surface area contributed by atoms with E-state index in [9.17, 15) is 0 Å². The van der Waals surface area contributed by atoms with Crippen LogP contribution in [0, 0.1) is 6.92 Å². The number of hydrogen-bond acceptors (Lipinski definition) is 5. The fraction of sp³-hybridized carbons (Fsp3) is 0.545. The topological polar surface area (TPSA) is 67.8 Å². The van der Waals surface area contributed by atoms with E-state index in [1.165, 1.54) is 5.01 Å². The Bertz CT molecular complexity index is 722. The van der Waals surface area contributed by atoms with E-state index >= 15 is 0 Å². The number of thiazole rings is 1. The molecule has 30 heavy (non-hydrogen) atoms. The molecule has 0 atom stereocenters. The molecular formula is C22H35IN4O2S. The van der Waals surface area contributed by atoms with Crippen molar-refractivity contribution >= 4 is 41.3 Å². The molecule has 0 aliphatic heterocycles. The highest BCUT2D eigenvalue weighted by Crippen LogP contribution is 2.12. The SMILES string of the molecule is CCOCCCNC(=NCc1ccc(OC)cc1)NCCCCc1nc(C)cs1.I. The standard InChI is InChI=1S/C22H34N4O2S.HI/c1-4-28-15-7-14-24-22(25-16-19-9-11-20(27-3)12-10-19)23-13-6-5-8-21-26-18(2)17-29-21;/h9-12,17H,4-8,13-16H2,1-3H3,(H2,23,24,25);1H. The molecule has 1 aromatic heterocycles. The van der Waals surface area contributed by atoms with Crippen LogP contribution in [0.4, 0.5) is 0 Å². The number of halogens is 1. The molecule has 0 saturated heterocycles. The van der Waals surface area contributed by atoms with Crippen LogP contribution < -0.4 is 15.4 Å². The van der Waals surface area contributed by atoms with Crippen LogP contribution in [0.1, 0.15) is 42.5 Å². The van der Waals surface area contributed by atoms with Gasteiger partial charge in [0.1, 0.15) is 5.75 Å². The van der Waals surface area contributed by atoms with Crippen LogP contribution in [0.2, 0.25) is 0 Å². The monoisotopic (exact) mass is 546 g/mol. The van der Waals surface area contributed by atoms with Gasteiger partial charge in [0.05, 0.1) is 18.7 Å². The largest absolute Gasteiger partial charge is 0.497 e. The van der Waals surface area contributed by atoms with Gasteiger partial charge in [-0.1, -0.05) is 12.1 Å². The molecule has 0 fully saturated rings. The lowest BCUT2D eigenvalue weighted by molar-refractivity contribution is 0.145. The number of nitrogens with zero attached hydrogens (tertiary/aromatic N) is 2. The van der Waals surface area contributed by atoms with Crippen molar-refractivity contribution < 1.29 is 9.47 Å². The first kappa shape index (κ1) is 26.6. The van der Waals surface area contributed by atoms with E-state index < -0.39 is 0 Å². The smallest absolute Gasteiger partial charge is 0.191 e. The maximum absolute atomic E-state index is 5.41. The molecule has 1 heterocycles. The zero-order valence-electron chi connectivity index (χ0n) is 18.3. The second-order valence-electron chi connectivity index (χ2n) is 6.76. The Morgan fingerprint density at radius 2 is 1.83 bits per heavy atom. The van der Waals surface area contributed by atoms with Crippen molar-refractivity contribution in [3.05, 3.63) is 45.9 Å². The summed E-state index contributed by atoms with van der Waals surface area (Å²) in [6.07, 6.45) is 4.21. The summed E-state index contributed by atoms with van der Waals surface area (Å²) in [5.74, 6) is 1.71. The zero-order chi connectivity index (χ0) is 20.7. The van der Waals surface area contributed by atoms with Gasteiger partial charge >= 0.3 is 0 Å². The number of rotatable bonds is 13. The van der Waals surface area contributed by atoms with E-state index in [1.54, 1.807) is 18.4 Å². The summed E-state index contributed by atoms with van der Waals surface area (Å²) < 4.78 is 10.6. The molecule has 0 spiro atoms. The van der Waals surface area contributed by atoms with E-state index in [-0.39, 0.29) is 24.0 Å². The van der Waals surface area contributed by atoms with Crippen LogP contribution in [0.5, 0.6) is 5.75 Å². The molecule has 0 saturated carbocycles. The fourth-order valence-corrected chi connectivity index (χ4v) is 3.54. The molecule has 0 unspecified atom stereocenters. The number of nitrogens with one attached hydrogen (secondary N) is 2. The minimum Gasteiger partial charge on any atom is -0.497 e. The zero-order valence-corrected chi connectivity index (χ0v) is 21.4. The number of benzene rings is 1. The van der Waals surface area contributed by atoms with Crippen LogP contribution in [-0.2, 0) is 17.7 Å². The van der Waals surface area contributed by atoms with Crippen molar-refractivity contribution in [3.8, 4) is 5.75 Å². The number of aromatic nitrogens is 1. The fourth-order valence-electron chi connectivity index (χ4n) is 2.73. The maximum atomic E-state index is 5.41. The number of ether oxygens (including phenoxy) is 2. The third kappa shape index (κ3) is 11.1. The summed E-state index contributed by atoms with van der Waals surface area (Å²) in [6.45, 7) is 7.95. The van der Waals surface area contributed by atoms with Gasteiger partial charge in [-0.05, 0) is 57.2 Å². The number of guanidine groups is 1. The van der Waals surface area contributed by atoms with Gasteiger partial charge in [-0.2, -0.15) is 0 Å². The van der Waals surface area contributed by atoms with Crippen LogP contribution in [0.25, 0.3) is 0 Å². The second kappa shape index (κ2) is 16.3. The lowest BCUT2D eigenvalue weighted by Gasteiger charge is -2.13. The minimum atomic E-state index is 0. The van der Waals surface area contributed by atoms with Crippen molar-refractivity contribution in [1.29, 1.82) is 0 Å². The van der Waals surface area contributed by atoms with Gasteiger partial charge in [0.15, 0.2) is 5.96 Å². The highest BCUT2D eigenvalue weighted by Gasteiger charge is 2.02. The predicted octanol–water partition coefficient (Wildman–Crippen LogP) is 4.56. The molecule has 0 amide bonds. The maximum Gasteiger partial charge on any atom is 0.191 e. The summed E-state index contributed by atoms with van der Waals surface area (Å²) in [5.41, 5.74) is 2.27. The van der Waals surface area contributed by atoms with Gasteiger partial charge in [-0.15, -0.1) is 35.3 Å². The highest BCUT2D eigenvalue weighted by molar-refractivity contribution is 14.0. The average Bonchev–Trinajstić information content (AvgIpc) is 3.16. The van der Waals surface area contributed by atoms with Crippen LogP contribution in [0.3, 0.4) is 0 Å². The molecule has 2 N–H and O–H groups in total. The molecule has 0 bridgehead atoms. The number of unbranched alkanes of at least 4 members (excludes halogenated alkanes) is 1. The van der Waals surface area contributed by atoms with Gasteiger partial charge < -0.3 is 20.1 Å². The Balaban J connectivity index is 0.00000450. The molecule has 0 aliphatic rings. The Kier molecular flexibility index (Phi) is 14.5. The number of hydrogen-bond donors (Lipinski definition) is 2. The number of aryl methyl sites for hydroxylation is 2. The van der Waals surface area contributed by atoms with Gasteiger partial charge in [0, 0.05) is 37.4 Å². The molecule has 2 rings (SSSR count). The van der Waals surface area contributed by atoms with Crippen molar-refractivity contribution in [2.24, 2.45) is 4.99 Å². The van der Waals surface area contributed by atoms with Gasteiger partial charge in [0.25, 0.3) is 0 Å². The quantitative estimate of drug-likeness (QED) is 0.167. The molecule has 1 aromatic carbocycles. The molecule has 6 nitrogen and oxygen atoms in total. The van der Waals surface area contributed by atoms with Gasteiger partial charge in [0.2, 0.25) is 0 Å². The molecular weight excluding hydrogens is 511 g/mol. The summed E-state index contributed by atoms with van der Waals surface area (Å²) >= 11 is 1.75. The Labute approximate surface area is 201 Å². The summed E-state index contributed by atoms with van der Waals surface area (Å²) in [6, 6.07) is 8.03. The lowest BCUT2D eigenvalue weighted by Crippen LogP contribution is -2.38. The molecule has 168 valence electrons. The van der Waals surface area contributed by atoms with E-state index in [0.717, 1.165) is 75.0 Å². The van der Waals surface area contributed by atoms with Crippen molar-refractivity contribution in [2.45, 2.75) is 46.1 Å². The van der Waals surface area contributed by atoms with E-state index in [4.69, 9.17) is 14.5 Å². The summed E-state index contributed by atoms with van der Waals surface area (Å²) in [7, 11) is 1.68. The lowest BCUT2D eigenvalue weighted by atomic mass is 10.2. The summed E-state index contributed by atoms with van der Waals surface area (Å²) in [5, 5.41) is 10.2. The van der Waals surface area contributed by atoms with E-state index in [0.29, 0.717) is 6.54 Å². The van der Waals surface area contributed by atoms with Gasteiger partial charge in [-0.25, -0.2) is 9.98 Å². The first-order valence-electron chi connectivity index (χ1n) is 10.3. The third-order valence-electron chi connectivity index (χ3n) is 4.32. The molecule has 2 aromatic rings. The number of aliphatic imine (C=N–C) groups is 1. The van der Waals surface area contributed by atoms with E-state index in [1.807, 2.05) is 38.1 Å². The van der Waals surface area contributed by atoms with Gasteiger partial charge in [-0.3, -0.25) is 0 Å². The first-order chi connectivity index (χ1) is 14.2. The van der Waals surface area contributed by atoms with E-state index in [2.05, 4.69) is 21.0 Å². The van der Waals surface area contributed by atoms with Crippen LogP contribution in [-0.4, -0.2) is 44.4 Å². The molecule has 0 aliphatic carbocycles. The second-order valence-corrected chi connectivity index (χ2v) is 7.70. The minimum absolute atomic E-state index is 0. The number of methoxy groups -OCH3 is 1. The Morgan fingerprint density at radius 3 is 2.47 bits per heavy atom. The van der Waals surface area contributed by atoms with Crippen molar-refractivity contribution in [3.63, 3.8) is 0 Å². The summed E-state index contributed by atoms with van der Waals surface area (Å²) in [4.78, 5) is 9.25. The third-order valence-corrected chi connectivity index (χ3v) is 5.34. The normalized spacial score (nSPS) is 11.1.